The fourth-order valence-electron chi connectivity index (χ4n) is 3.29. The number of nitrogens with zero attached hydrogens (tertiary/aromatic N) is 2. The van der Waals surface area contributed by atoms with Gasteiger partial charge in [-0.25, -0.2) is 4.98 Å². The number of carbonyl (C=O) groups excluding carboxylic acids is 1. The molecule has 0 saturated carbocycles. The lowest BCUT2D eigenvalue weighted by atomic mass is 9.92. The van der Waals surface area contributed by atoms with E-state index in [1.165, 1.54) is 25.7 Å². The number of hydrogen-bond acceptors (Lipinski definition) is 4. The number of amides is 1. The number of pyridine rings is 1. The number of nitrogens with one attached hydrogen (secondary N) is 1. The Morgan fingerprint density at radius 2 is 1.81 bits per heavy atom. The van der Waals surface area contributed by atoms with Gasteiger partial charge in [-0.1, -0.05) is 49.2 Å². The fraction of sp³-hybridized carbons (Fsp3) is 0.429. The Bertz CT molecular complexity index is 705. The molecule has 1 saturated heterocycles. The Morgan fingerprint density at radius 1 is 1.12 bits per heavy atom. The van der Waals surface area contributed by atoms with Crippen LogP contribution in [-0.4, -0.2) is 24.0 Å². The monoisotopic (exact) mass is 352 g/mol. The third-order valence-corrected chi connectivity index (χ3v) is 5.04. The quantitative estimate of drug-likeness (QED) is 0.868. The molecule has 0 radical (unpaired) electrons. The minimum absolute atomic E-state index is 0.194. The molecule has 0 spiro atoms. The van der Waals surface area contributed by atoms with Gasteiger partial charge in [-0.05, 0) is 37.0 Å². The van der Waals surface area contributed by atoms with Gasteiger partial charge >= 0.3 is 0 Å². The van der Waals surface area contributed by atoms with E-state index in [9.17, 15) is 4.79 Å². The van der Waals surface area contributed by atoms with Crippen molar-refractivity contribution in [1.29, 1.82) is 0 Å². The highest BCUT2D eigenvalue weighted by Gasteiger charge is 2.29. The molecule has 3 rings (SSSR count). The van der Waals surface area contributed by atoms with E-state index in [2.05, 4.69) is 15.2 Å². The summed E-state index contributed by atoms with van der Waals surface area (Å²) < 4.78 is 0. The van der Waals surface area contributed by atoms with Gasteiger partial charge in [0.15, 0.2) is 0 Å². The second kappa shape index (κ2) is 8.32. The first-order chi connectivity index (χ1) is 12.6. The van der Waals surface area contributed by atoms with Crippen LogP contribution in [0.3, 0.4) is 0 Å². The molecule has 5 heteroatoms. The first kappa shape index (κ1) is 18.4. The lowest BCUT2D eigenvalue weighted by Gasteiger charge is -2.24. The molecule has 138 valence electrons. The van der Waals surface area contributed by atoms with E-state index in [0.717, 1.165) is 30.0 Å². The van der Waals surface area contributed by atoms with Crippen LogP contribution in [0.1, 0.15) is 43.7 Å². The molecular weight excluding hydrogens is 324 g/mol. The first-order valence-electron chi connectivity index (χ1n) is 9.40. The van der Waals surface area contributed by atoms with Crippen molar-refractivity contribution in [2.45, 2.75) is 44.7 Å². The first-order valence-corrected chi connectivity index (χ1v) is 9.40. The molecular formula is C21H28N4O. The lowest BCUT2D eigenvalue weighted by Crippen LogP contribution is -2.48. The molecule has 3 N–H and O–H groups in total. The van der Waals surface area contributed by atoms with Crippen molar-refractivity contribution in [3.8, 4) is 0 Å². The van der Waals surface area contributed by atoms with Crippen molar-refractivity contribution in [2.24, 2.45) is 5.73 Å². The zero-order valence-electron chi connectivity index (χ0n) is 15.4. The van der Waals surface area contributed by atoms with Gasteiger partial charge in [0.1, 0.15) is 11.4 Å². The summed E-state index contributed by atoms with van der Waals surface area (Å²) >= 11 is 0. The van der Waals surface area contributed by atoms with E-state index in [0.29, 0.717) is 6.54 Å². The Hall–Kier alpha value is -2.40. The Kier molecular flexibility index (Phi) is 5.89. The van der Waals surface area contributed by atoms with Crippen LogP contribution in [0.25, 0.3) is 0 Å². The van der Waals surface area contributed by atoms with Gasteiger partial charge in [-0.2, -0.15) is 0 Å². The molecule has 2 heterocycles. The van der Waals surface area contributed by atoms with Gasteiger partial charge in [0.25, 0.3) is 0 Å². The van der Waals surface area contributed by atoms with Crippen molar-refractivity contribution < 1.29 is 4.79 Å². The summed E-state index contributed by atoms with van der Waals surface area (Å²) in [7, 11) is 0. The summed E-state index contributed by atoms with van der Waals surface area (Å²) in [6.45, 7) is 4.31. The highest BCUT2D eigenvalue weighted by molar-refractivity contribution is 5.86. The van der Waals surface area contributed by atoms with E-state index in [1.807, 2.05) is 48.7 Å². The Balaban J connectivity index is 1.58. The van der Waals surface area contributed by atoms with Crippen LogP contribution in [0.5, 0.6) is 0 Å². The molecule has 0 bridgehead atoms. The summed E-state index contributed by atoms with van der Waals surface area (Å²) in [5, 5.41) is 2.93. The van der Waals surface area contributed by atoms with Crippen LogP contribution in [0.15, 0.2) is 48.7 Å². The third-order valence-electron chi connectivity index (χ3n) is 5.04. The van der Waals surface area contributed by atoms with Gasteiger partial charge in [-0.3, -0.25) is 4.79 Å². The standard InChI is InChI=1S/C21H28N4O/c1-21(22,18-9-5-4-6-10-18)20(26)24-16-17-11-12-19(23-15-17)25-13-7-2-3-8-14-25/h4-6,9-12,15H,2-3,7-8,13-14,16,22H2,1H3,(H,24,26). The van der Waals surface area contributed by atoms with Crippen LogP contribution in [0.2, 0.25) is 0 Å². The smallest absolute Gasteiger partial charge is 0.244 e. The Labute approximate surface area is 155 Å². The van der Waals surface area contributed by atoms with Crippen molar-refractivity contribution in [1.82, 2.24) is 10.3 Å². The maximum Gasteiger partial charge on any atom is 0.244 e. The number of nitrogens with two attached hydrogens (primary N) is 1. The van der Waals surface area contributed by atoms with Crippen LogP contribution in [0, 0.1) is 0 Å². The van der Waals surface area contributed by atoms with E-state index >= 15 is 0 Å². The van der Waals surface area contributed by atoms with Crippen molar-refractivity contribution >= 4 is 11.7 Å². The number of carbonyl (C=O) groups is 1. The number of aromatic nitrogens is 1. The van der Waals surface area contributed by atoms with E-state index in [1.54, 1.807) is 6.92 Å². The zero-order chi connectivity index (χ0) is 18.4. The minimum atomic E-state index is -1.05. The van der Waals surface area contributed by atoms with Gasteiger partial charge in [-0.15, -0.1) is 0 Å². The minimum Gasteiger partial charge on any atom is -0.357 e. The van der Waals surface area contributed by atoms with Gasteiger partial charge in [0, 0.05) is 25.8 Å². The van der Waals surface area contributed by atoms with Crippen LogP contribution in [-0.2, 0) is 16.9 Å². The highest BCUT2D eigenvalue weighted by atomic mass is 16.2. The number of benzene rings is 1. The van der Waals surface area contributed by atoms with Crippen LogP contribution >= 0.6 is 0 Å². The average molecular weight is 352 g/mol. The molecule has 1 aliphatic heterocycles. The van der Waals surface area contributed by atoms with E-state index < -0.39 is 5.54 Å². The predicted molar refractivity (Wildman–Crippen MR) is 105 cm³/mol. The normalized spacial score (nSPS) is 17.2. The van der Waals surface area contributed by atoms with Crippen LogP contribution in [0.4, 0.5) is 5.82 Å². The fourth-order valence-corrected chi connectivity index (χ4v) is 3.29. The molecule has 1 aromatic carbocycles. The molecule has 5 nitrogen and oxygen atoms in total. The maximum atomic E-state index is 12.5. The topological polar surface area (TPSA) is 71.2 Å². The largest absolute Gasteiger partial charge is 0.357 e. The summed E-state index contributed by atoms with van der Waals surface area (Å²) in [5.41, 5.74) is 6.96. The average Bonchev–Trinajstić information content (AvgIpc) is 2.96. The van der Waals surface area contributed by atoms with Crippen molar-refractivity contribution in [3.63, 3.8) is 0 Å². The molecule has 1 unspecified atom stereocenters. The highest BCUT2D eigenvalue weighted by Crippen LogP contribution is 2.19. The lowest BCUT2D eigenvalue weighted by molar-refractivity contribution is -0.126. The molecule has 26 heavy (non-hydrogen) atoms. The summed E-state index contributed by atoms with van der Waals surface area (Å²) in [5.74, 6) is 0.829. The summed E-state index contributed by atoms with van der Waals surface area (Å²) in [6.07, 6.45) is 6.92. The third kappa shape index (κ3) is 4.41. The molecule has 1 amide bonds. The molecule has 1 atom stereocenters. The molecule has 2 aromatic rings. The molecule has 1 aromatic heterocycles. The maximum absolute atomic E-state index is 12.5. The van der Waals surface area contributed by atoms with Gasteiger partial charge in [0.2, 0.25) is 5.91 Å². The summed E-state index contributed by atoms with van der Waals surface area (Å²) in [6, 6.07) is 13.5. The van der Waals surface area contributed by atoms with Gasteiger partial charge < -0.3 is 16.0 Å². The van der Waals surface area contributed by atoms with Crippen molar-refractivity contribution in [2.75, 3.05) is 18.0 Å². The molecule has 0 aliphatic carbocycles. The van der Waals surface area contributed by atoms with E-state index in [4.69, 9.17) is 5.73 Å². The van der Waals surface area contributed by atoms with Gasteiger partial charge in [0.05, 0.1) is 0 Å². The Morgan fingerprint density at radius 3 is 2.42 bits per heavy atom. The number of hydrogen-bond donors (Lipinski definition) is 2. The zero-order valence-corrected chi connectivity index (χ0v) is 15.4. The molecule has 1 aliphatic rings. The van der Waals surface area contributed by atoms with Crippen molar-refractivity contribution in [3.05, 3.63) is 59.8 Å². The second-order valence-electron chi connectivity index (χ2n) is 7.18. The van der Waals surface area contributed by atoms with E-state index in [-0.39, 0.29) is 5.91 Å². The predicted octanol–water partition coefficient (Wildman–Crippen LogP) is 2.95. The number of rotatable bonds is 5. The SMILES string of the molecule is CC(N)(C(=O)NCc1ccc(N2CCCCCC2)nc1)c1ccccc1. The second-order valence-corrected chi connectivity index (χ2v) is 7.18. The molecule has 1 fully saturated rings. The van der Waals surface area contributed by atoms with Crippen LogP contribution < -0.4 is 16.0 Å². The summed E-state index contributed by atoms with van der Waals surface area (Å²) in [4.78, 5) is 19.5. The number of anilines is 1.